The summed E-state index contributed by atoms with van der Waals surface area (Å²) in [7, 11) is 1.67. The minimum atomic E-state index is -0.847. The van der Waals surface area contributed by atoms with Gasteiger partial charge in [-0.2, -0.15) is 5.10 Å². The predicted octanol–water partition coefficient (Wildman–Crippen LogP) is 4.73. The quantitative estimate of drug-likeness (QED) is 0.394. The number of amides is 2. The number of halogens is 1. The van der Waals surface area contributed by atoms with Gasteiger partial charge < -0.3 is 10.6 Å². The average molecular weight is 488 g/mol. The molecule has 0 bridgehead atoms. The number of carbonyl (C=O) groups excluding carboxylic acids is 2. The first-order chi connectivity index (χ1) is 16.8. The van der Waals surface area contributed by atoms with E-state index < -0.39 is 11.9 Å². The number of carbonyl (C=O) groups is 2. The Hall–Kier alpha value is -3.97. The molecule has 2 heterocycles. The fourth-order valence-corrected chi connectivity index (χ4v) is 4.22. The second-order valence-corrected chi connectivity index (χ2v) is 8.72. The second-order valence-electron chi connectivity index (χ2n) is 8.32. The summed E-state index contributed by atoms with van der Waals surface area (Å²) in [6, 6.07) is 17.6. The van der Waals surface area contributed by atoms with Crippen molar-refractivity contribution < 1.29 is 9.59 Å². The van der Waals surface area contributed by atoms with Crippen LogP contribution in [0.4, 0.5) is 5.69 Å². The van der Waals surface area contributed by atoms with Gasteiger partial charge in [-0.05, 0) is 60.9 Å². The van der Waals surface area contributed by atoms with E-state index in [1.54, 1.807) is 25.4 Å². The first-order valence-electron chi connectivity index (χ1n) is 11.2. The summed E-state index contributed by atoms with van der Waals surface area (Å²) in [5.74, 6) is -0.739. The molecule has 2 amide bonds. The highest BCUT2D eigenvalue weighted by Crippen LogP contribution is 2.27. The van der Waals surface area contributed by atoms with E-state index in [0.717, 1.165) is 27.9 Å². The van der Waals surface area contributed by atoms with Crippen LogP contribution in [0.25, 0.3) is 11.1 Å². The third kappa shape index (κ3) is 5.58. The molecule has 2 aromatic heterocycles. The van der Waals surface area contributed by atoms with Crippen molar-refractivity contribution in [2.24, 2.45) is 7.05 Å². The van der Waals surface area contributed by atoms with Crippen LogP contribution in [0.2, 0.25) is 5.02 Å². The number of pyridine rings is 1. The Morgan fingerprint density at radius 1 is 1.00 bits per heavy atom. The van der Waals surface area contributed by atoms with E-state index >= 15 is 0 Å². The summed E-state index contributed by atoms with van der Waals surface area (Å²) in [5.41, 5.74) is 5.91. The van der Waals surface area contributed by atoms with E-state index in [2.05, 4.69) is 20.7 Å². The second kappa shape index (κ2) is 10.5. The third-order valence-electron chi connectivity index (χ3n) is 5.85. The van der Waals surface area contributed by atoms with Crippen molar-refractivity contribution in [1.82, 2.24) is 20.1 Å². The molecule has 0 radical (unpaired) electrons. The zero-order valence-corrected chi connectivity index (χ0v) is 20.5. The zero-order chi connectivity index (χ0) is 24.9. The van der Waals surface area contributed by atoms with Gasteiger partial charge in [0.25, 0.3) is 5.91 Å². The predicted molar refractivity (Wildman–Crippen MR) is 137 cm³/mol. The molecule has 2 aromatic carbocycles. The van der Waals surface area contributed by atoms with Gasteiger partial charge in [0, 0.05) is 47.8 Å². The van der Waals surface area contributed by atoms with E-state index in [1.165, 1.54) is 10.9 Å². The molecule has 1 unspecified atom stereocenters. The standard InChI is InChI=1S/C27H26ClN5O2/c1-17-12-14-29-18(2)25(17)19-8-10-21(11-9-19)31-26(34)23(16-20-6-4-5-7-22(20)28)32-27(35)24-13-15-30-33(24)3/h4-15,23H,16H2,1-3H3,(H,31,34)(H,32,35). The normalized spacial score (nSPS) is 11.7. The average Bonchev–Trinajstić information content (AvgIpc) is 3.27. The van der Waals surface area contributed by atoms with Gasteiger partial charge in [0.05, 0.1) is 0 Å². The van der Waals surface area contributed by atoms with Crippen LogP contribution in [-0.2, 0) is 18.3 Å². The molecule has 2 N–H and O–H groups in total. The van der Waals surface area contributed by atoms with Crippen molar-refractivity contribution >= 4 is 29.1 Å². The topological polar surface area (TPSA) is 88.9 Å². The maximum atomic E-state index is 13.3. The molecule has 1 atom stereocenters. The zero-order valence-electron chi connectivity index (χ0n) is 19.7. The molecule has 35 heavy (non-hydrogen) atoms. The minimum Gasteiger partial charge on any atom is -0.339 e. The van der Waals surface area contributed by atoms with Crippen molar-refractivity contribution in [3.05, 3.63) is 101 Å². The number of anilines is 1. The van der Waals surface area contributed by atoms with Crippen molar-refractivity contribution in [2.45, 2.75) is 26.3 Å². The van der Waals surface area contributed by atoms with Crippen molar-refractivity contribution in [1.29, 1.82) is 0 Å². The van der Waals surface area contributed by atoms with Crippen molar-refractivity contribution in [3.8, 4) is 11.1 Å². The number of hydrogen-bond acceptors (Lipinski definition) is 4. The number of nitrogens with one attached hydrogen (secondary N) is 2. The van der Waals surface area contributed by atoms with E-state index in [-0.39, 0.29) is 12.3 Å². The van der Waals surface area contributed by atoms with Crippen LogP contribution < -0.4 is 10.6 Å². The van der Waals surface area contributed by atoms with Gasteiger partial charge in [0.1, 0.15) is 11.7 Å². The molecule has 8 heteroatoms. The van der Waals surface area contributed by atoms with Crippen LogP contribution in [0.3, 0.4) is 0 Å². The summed E-state index contributed by atoms with van der Waals surface area (Å²) in [4.78, 5) is 30.5. The minimum absolute atomic E-state index is 0.237. The van der Waals surface area contributed by atoms with Gasteiger partial charge in [0.15, 0.2) is 0 Å². The first kappa shape index (κ1) is 24.2. The smallest absolute Gasteiger partial charge is 0.270 e. The Morgan fingerprint density at radius 2 is 1.74 bits per heavy atom. The van der Waals surface area contributed by atoms with Gasteiger partial charge in [-0.15, -0.1) is 0 Å². The van der Waals surface area contributed by atoms with Gasteiger partial charge in [-0.3, -0.25) is 19.3 Å². The van der Waals surface area contributed by atoms with E-state index in [4.69, 9.17) is 11.6 Å². The molecular weight excluding hydrogens is 462 g/mol. The maximum Gasteiger partial charge on any atom is 0.270 e. The first-order valence-corrected chi connectivity index (χ1v) is 11.6. The third-order valence-corrected chi connectivity index (χ3v) is 6.22. The lowest BCUT2D eigenvalue weighted by atomic mass is 9.99. The number of rotatable bonds is 7. The lowest BCUT2D eigenvalue weighted by Crippen LogP contribution is -2.45. The van der Waals surface area contributed by atoms with E-state index in [0.29, 0.717) is 16.4 Å². The number of hydrogen-bond donors (Lipinski definition) is 2. The molecule has 178 valence electrons. The van der Waals surface area contributed by atoms with E-state index in [9.17, 15) is 9.59 Å². The van der Waals surface area contributed by atoms with Gasteiger partial charge in [-0.25, -0.2) is 0 Å². The Bertz CT molecular complexity index is 1340. The molecule has 0 spiro atoms. The van der Waals surface area contributed by atoms with Crippen LogP contribution in [0, 0.1) is 13.8 Å². The fourth-order valence-electron chi connectivity index (χ4n) is 4.00. The Kier molecular flexibility index (Phi) is 7.27. The Balaban J connectivity index is 1.55. The maximum absolute atomic E-state index is 13.3. The van der Waals surface area contributed by atoms with Crippen LogP contribution in [-0.4, -0.2) is 32.6 Å². The number of benzene rings is 2. The lowest BCUT2D eigenvalue weighted by Gasteiger charge is -2.19. The summed E-state index contributed by atoms with van der Waals surface area (Å²) in [5, 5.41) is 10.3. The molecule has 0 aliphatic carbocycles. The molecular formula is C27H26ClN5O2. The monoisotopic (exact) mass is 487 g/mol. The molecule has 0 saturated heterocycles. The SMILES string of the molecule is Cc1ccnc(C)c1-c1ccc(NC(=O)C(Cc2ccccc2Cl)NC(=O)c2ccnn2C)cc1. The highest BCUT2D eigenvalue weighted by atomic mass is 35.5. The molecule has 0 fully saturated rings. The fraction of sp³-hybridized carbons (Fsp3) is 0.185. The van der Waals surface area contributed by atoms with Gasteiger partial charge in [0.2, 0.25) is 5.91 Å². The van der Waals surface area contributed by atoms with E-state index in [1.807, 2.05) is 62.4 Å². The Morgan fingerprint density at radius 3 is 2.40 bits per heavy atom. The highest BCUT2D eigenvalue weighted by Gasteiger charge is 2.24. The summed E-state index contributed by atoms with van der Waals surface area (Å²) < 4.78 is 1.46. The lowest BCUT2D eigenvalue weighted by molar-refractivity contribution is -0.118. The molecule has 0 saturated carbocycles. The van der Waals surface area contributed by atoms with Crippen LogP contribution in [0.5, 0.6) is 0 Å². The van der Waals surface area contributed by atoms with Gasteiger partial charge in [-0.1, -0.05) is 41.9 Å². The van der Waals surface area contributed by atoms with Crippen molar-refractivity contribution in [2.75, 3.05) is 5.32 Å². The number of aromatic nitrogens is 3. The molecule has 0 aliphatic rings. The van der Waals surface area contributed by atoms with Crippen molar-refractivity contribution in [3.63, 3.8) is 0 Å². The highest BCUT2D eigenvalue weighted by molar-refractivity contribution is 6.31. The Labute approximate surface area is 209 Å². The summed E-state index contributed by atoms with van der Waals surface area (Å²) >= 11 is 6.33. The van der Waals surface area contributed by atoms with Crippen LogP contribution >= 0.6 is 11.6 Å². The molecule has 0 aliphatic heterocycles. The van der Waals surface area contributed by atoms with Gasteiger partial charge >= 0.3 is 0 Å². The number of nitrogens with zero attached hydrogens (tertiary/aromatic N) is 3. The van der Waals surface area contributed by atoms with Crippen LogP contribution in [0.15, 0.2) is 73.1 Å². The summed E-state index contributed by atoms with van der Waals surface area (Å²) in [6.45, 7) is 4.02. The molecule has 4 aromatic rings. The molecule has 4 rings (SSSR count). The van der Waals surface area contributed by atoms with Crippen LogP contribution in [0.1, 0.15) is 27.3 Å². The largest absolute Gasteiger partial charge is 0.339 e. The number of aryl methyl sites for hydroxylation is 3. The summed E-state index contributed by atoms with van der Waals surface area (Å²) in [6.07, 6.45) is 3.56. The molecule has 7 nitrogen and oxygen atoms in total.